The van der Waals surface area contributed by atoms with Crippen LogP contribution >= 0.6 is 0 Å². The number of hydrogen-bond acceptors (Lipinski definition) is 4. The Balaban J connectivity index is 2.03. The maximum atomic E-state index is 12.2. The molecule has 0 saturated heterocycles. The highest BCUT2D eigenvalue weighted by Gasteiger charge is 2.12. The Labute approximate surface area is 124 Å². The highest BCUT2D eigenvalue weighted by Crippen LogP contribution is 2.12. The van der Waals surface area contributed by atoms with E-state index in [0.717, 1.165) is 24.2 Å². The number of carbonyl (C=O) groups is 1. The van der Waals surface area contributed by atoms with Crippen LogP contribution in [0, 0.1) is 0 Å². The zero-order chi connectivity index (χ0) is 15.1. The summed E-state index contributed by atoms with van der Waals surface area (Å²) >= 11 is 0. The van der Waals surface area contributed by atoms with Crippen LogP contribution in [-0.4, -0.2) is 22.4 Å². The van der Waals surface area contributed by atoms with Crippen molar-refractivity contribution in [2.45, 2.75) is 26.3 Å². The number of anilines is 1. The van der Waals surface area contributed by atoms with Crippen LogP contribution in [0.2, 0.25) is 0 Å². The van der Waals surface area contributed by atoms with Crippen molar-refractivity contribution < 1.29 is 4.79 Å². The summed E-state index contributed by atoms with van der Waals surface area (Å²) in [5, 5.41) is 6.19. The van der Waals surface area contributed by atoms with Gasteiger partial charge in [-0.3, -0.25) is 14.8 Å². The molecule has 0 radical (unpaired) electrons. The molecule has 2 heterocycles. The molecule has 0 aliphatic rings. The summed E-state index contributed by atoms with van der Waals surface area (Å²) in [5.74, 6) is -0.181. The fourth-order valence-electron chi connectivity index (χ4n) is 1.94. The SMILES string of the molecule is CCCNc1ccnc(C(=O)NC(C)c2ccncc2)c1. The summed E-state index contributed by atoms with van der Waals surface area (Å²) < 4.78 is 0. The standard InChI is InChI=1S/C16H20N4O/c1-3-7-18-14-6-10-19-15(11-14)16(21)20-12(2)13-4-8-17-9-5-13/h4-6,8-12H,3,7H2,1-2H3,(H,18,19)(H,20,21). The number of nitrogens with one attached hydrogen (secondary N) is 2. The Kier molecular flexibility index (Phi) is 5.26. The second-order valence-corrected chi connectivity index (χ2v) is 4.83. The first-order valence-corrected chi connectivity index (χ1v) is 7.11. The van der Waals surface area contributed by atoms with Crippen molar-refractivity contribution in [3.05, 3.63) is 54.1 Å². The highest BCUT2D eigenvalue weighted by molar-refractivity contribution is 5.93. The zero-order valence-electron chi connectivity index (χ0n) is 12.3. The monoisotopic (exact) mass is 284 g/mol. The number of hydrogen-bond donors (Lipinski definition) is 2. The van der Waals surface area contributed by atoms with Crippen LogP contribution in [0.3, 0.4) is 0 Å². The van der Waals surface area contributed by atoms with E-state index < -0.39 is 0 Å². The average molecular weight is 284 g/mol. The lowest BCUT2D eigenvalue weighted by molar-refractivity contribution is 0.0935. The molecular weight excluding hydrogens is 264 g/mol. The molecule has 110 valence electrons. The molecule has 0 bridgehead atoms. The summed E-state index contributed by atoms with van der Waals surface area (Å²) in [5.41, 5.74) is 2.34. The van der Waals surface area contributed by atoms with Crippen LogP contribution in [0.4, 0.5) is 5.69 Å². The second kappa shape index (κ2) is 7.38. The van der Waals surface area contributed by atoms with Gasteiger partial charge in [0.15, 0.2) is 0 Å². The molecule has 2 rings (SSSR count). The predicted molar refractivity (Wildman–Crippen MR) is 83.1 cm³/mol. The van der Waals surface area contributed by atoms with E-state index in [9.17, 15) is 4.79 Å². The van der Waals surface area contributed by atoms with E-state index in [1.807, 2.05) is 25.1 Å². The third-order valence-corrected chi connectivity index (χ3v) is 3.13. The maximum absolute atomic E-state index is 12.2. The predicted octanol–water partition coefficient (Wildman–Crippen LogP) is 2.79. The summed E-state index contributed by atoms with van der Waals surface area (Å²) in [7, 11) is 0. The minimum atomic E-state index is -0.181. The van der Waals surface area contributed by atoms with E-state index in [2.05, 4.69) is 27.5 Å². The van der Waals surface area contributed by atoms with Gasteiger partial charge in [0.25, 0.3) is 5.91 Å². The highest BCUT2D eigenvalue weighted by atomic mass is 16.1. The summed E-state index contributed by atoms with van der Waals surface area (Å²) in [6.07, 6.45) is 6.10. The van der Waals surface area contributed by atoms with Gasteiger partial charge in [-0.25, -0.2) is 0 Å². The number of carbonyl (C=O) groups excluding carboxylic acids is 1. The molecule has 2 aromatic rings. The van der Waals surface area contributed by atoms with Crippen molar-refractivity contribution >= 4 is 11.6 Å². The second-order valence-electron chi connectivity index (χ2n) is 4.83. The lowest BCUT2D eigenvalue weighted by Gasteiger charge is -2.14. The van der Waals surface area contributed by atoms with Crippen LogP contribution in [-0.2, 0) is 0 Å². The molecule has 2 N–H and O–H groups in total. The Morgan fingerprint density at radius 2 is 2.00 bits per heavy atom. The first kappa shape index (κ1) is 15.0. The molecule has 1 amide bonds. The fourth-order valence-corrected chi connectivity index (χ4v) is 1.94. The van der Waals surface area contributed by atoms with Crippen molar-refractivity contribution in [2.24, 2.45) is 0 Å². The lowest BCUT2D eigenvalue weighted by Crippen LogP contribution is -2.27. The van der Waals surface area contributed by atoms with Gasteiger partial charge in [0.1, 0.15) is 5.69 Å². The summed E-state index contributed by atoms with van der Waals surface area (Å²) in [6, 6.07) is 7.31. The van der Waals surface area contributed by atoms with E-state index in [4.69, 9.17) is 0 Å². The first-order chi connectivity index (χ1) is 10.2. The van der Waals surface area contributed by atoms with Crippen molar-refractivity contribution in [3.8, 4) is 0 Å². The number of rotatable bonds is 6. The Bertz CT molecular complexity index is 586. The molecule has 0 saturated carbocycles. The normalized spacial score (nSPS) is 11.7. The average Bonchev–Trinajstić information content (AvgIpc) is 2.54. The molecule has 2 aromatic heterocycles. The molecule has 21 heavy (non-hydrogen) atoms. The van der Waals surface area contributed by atoms with Crippen molar-refractivity contribution in [3.63, 3.8) is 0 Å². The number of amides is 1. The molecule has 0 fully saturated rings. The van der Waals surface area contributed by atoms with Gasteiger partial charge in [-0.05, 0) is 43.2 Å². The van der Waals surface area contributed by atoms with E-state index in [-0.39, 0.29) is 11.9 Å². The topological polar surface area (TPSA) is 66.9 Å². The maximum Gasteiger partial charge on any atom is 0.270 e. The summed E-state index contributed by atoms with van der Waals surface area (Å²) in [6.45, 7) is 4.91. The molecule has 0 aromatic carbocycles. The Hall–Kier alpha value is -2.43. The molecule has 0 aliphatic carbocycles. The molecule has 0 aliphatic heterocycles. The van der Waals surface area contributed by atoms with E-state index in [1.54, 1.807) is 24.7 Å². The van der Waals surface area contributed by atoms with Crippen LogP contribution in [0.25, 0.3) is 0 Å². The minimum absolute atomic E-state index is 0.0884. The van der Waals surface area contributed by atoms with Gasteiger partial charge < -0.3 is 10.6 Å². The van der Waals surface area contributed by atoms with Gasteiger partial charge in [-0.1, -0.05) is 6.92 Å². The van der Waals surface area contributed by atoms with Gasteiger partial charge in [0, 0.05) is 30.8 Å². The molecule has 5 heteroatoms. The summed E-state index contributed by atoms with van der Waals surface area (Å²) in [4.78, 5) is 20.3. The van der Waals surface area contributed by atoms with Crippen molar-refractivity contribution in [1.29, 1.82) is 0 Å². The molecule has 5 nitrogen and oxygen atoms in total. The number of pyridine rings is 2. The van der Waals surface area contributed by atoms with Crippen molar-refractivity contribution in [1.82, 2.24) is 15.3 Å². The smallest absolute Gasteiger partial charge is 0.270 e. The molecule has 1 unspecified atom stereocenters. The largest absolute Gasteiger partial charge is 0.385 e. The number of nitrogens with zero attached hydrogens (tertiary/aromatic N) is 2. The Morgan fingerprint density at radius 3 is 2.71 bits per heavy atom. The van der Waals surface area contributed by atoms with Crippen LogP contribution in [0.15, 0.2) is 42.9 Å². The Morgan fingerprint density at radius 1 is 1.24 bits per heavy atom. The quantitative estimate of drug-likeness (QED) is 0.856. The first-order valence-electron chi connectivity index (χ1n) is 7.11. The van der Waals surface area contributed by atoms with E-state index >= 15 is 0 Å². The third-order valence-electron chi connectivity index (χ3n) is 3.13. The van der Waals surface area contributed by atoms with Gasteiger partial charge in [-0.15, -0.1) is 0 Å². The fraction of sp³-hybridized carbons (Fsp3) is 0.312. The van der Waals surface area contributed by atoms with Gasteiger partial charge >= 0.3 is 0 Å². The number of aromatic nitrogens is 2. The van der Waals surface area contributed by atoms with Crippen LogP contribution in [0.5, 0.6) is 0 Å². The minimum Gasteiger partial charge on any atom is -0.385 e. The zero-order valence-corrected chi connectivity index (χ0v) is 12.3. The van der Waals surface area contributed by atoms with Crippen LogP contribution < -0.4 is 10.6 Å². The lowest BCUT2D eigenvalue weighted by atomic mass is 10.1. The van der Waals surface area contributed by atoms with Crippen molar-refractivity contribution in [2.75, 3.05) is 11.9 Å². The van der Waals surface area contributed by atoms with E-state index in [1.165, 1.54) is 0 Å². The molecule has 1 atom stereocenters. The third kappa shape index (κ3) is 4.27. The molecule has 0 spiro atoms. The van der Waals surface area contributed by atoms with Gasteiger partial charge in [0.05, 0.1) is 6.04 Å². The van der Waals surface area contributed by atoms with E-state index in [0.29, 0.717) is 5.69 Å². The molecular formula is C16H20N4O. The van der Waals surface area contributed by atoms with Gasteiger partial charge in [-0.2, -0.15) is 0 Å². The van der Waals surface area contributed by atoms with Gasteiger partial charge in [0.2, 0.25) is 0 Å². The van der Waals surface area contributed by atoms with Crippen LogP contribution in [0.1, 0.15) is 42.4 Å².